The number of carbonyl (C=O) groups excluding carboxylic acids is 2. The van der Waals surface area contributed by atoms with E-state index in [1.54, 1.807) is 15.9 Å². The molecular weight excluding hydrogens is 282 g/mol. The monoisotopic (exact) mass is 299 g/mol. The zero-order valence-electron chi connectivity index (χ0n) is 12.2. The van der Waals surface area contributed by atoms with E-state index in [0.29, 0.717) is 25.3 Å². The number of morpholine rings is 1. The van der Waals surface area contributed by atoms with Crippen molar-refractivity contribution in [3.05, 3.63) is 29.3 Å². The summed E-state index contributed by atoms with van der Waals surface area (Å²) in [6.45, 7) is 1.72. The van der Waals surface area contributed by atoms with Crippen molar-refractivity contribution in [2.75, 3.05) is 37.7 Å². The molecule has 6 nitrogen and oxygen atoms in total. The van der Waals surface area contributed by atoms with Crippen LogP contribution in [0.3, 0.4) is 0 Å². The topological polar surface area (TPSA) is 73.6 Å². The molecule has 0 aliphatic carbocycles. The number of fused-ring (bicyclic) bond motifs is 1. The van der Waals surface area contributed by atoms with Gasteiger partial charge in [0.1, 0.15) is 13.2 Å². The molecular formula is C16H17N3O3. The standard InChI is InChI=1S/C16H17N3O3/c17-9-12-3-4-14-13(8-12)2-1-5-19(14)15(20)10-18-6-7-22-11-16(18)21/h3-4,8H,1-2,5-7,10-11H2. The van der Waals surface area contributed by atoms with Crippen molar-refractivity contribution in [2.24, 2.45) is 0 Å². The highest BCUT2D eigenvalue weighted by molar-refractivity contribution is 5.98. The fourth-order valence-corrected chi connectivity index (χ4v) is 2.89. The van der Waals surface area contributed by atoms with E-state index in [1.807, 2.05) is 12.1 Å². The molecule has 22 heavy (non-hydrogen) atoms. The number of anilines is 1. The highest BCUT2D eigenvalue weighted by Crippen LogP contribution is 2.28. The van der Waals surface area contributed by atoms with E-state index < -0.39 is 0 Å². The summed E-state index contributed by atoms with van der Waals surface area (Å²) in [7, 11) is 0. The first kappa shape index (κ1) is 14.5. The Bertz CT molecular complexity index is 651. The van der Waals surface area contributed by atoms with Gasteiger partial charge in [0.2, 0.25) is 11.8 Å². The van der Waals surface area contributed by atoms with E-state index in [-0.39, 0.29) is 25.0 Å². The number of nitriles is 1. The first-order valence-corrected chi connectivity index (χ1v) is 7.38. The third-order valence-electron chi connectivity index (χ3n) is 4.04. The van der Waals surface area contributed by atoms with E-state index in [9.17, 15) is 9.59 Å². The van der Waals surface area contributed by atoms with Crippen LogP contribution >= 0.6 is 0 Å². The molecule has 2 aliphatic rings. The highest BCUT2D eigenvalue weighted by Gasteiger charge is 2.27. The van der Waals surface area contributed by atoms with Crippen molar-refractivity contribution in [1.82, 2.24) is 4.90 Å². The van der Waals surface area contributed by atoms with Gasteiger partial charge in [-0.05, 0) is 36.6 Å². The predicted molar refractivity (Wildman–Crippen MR) is 79.2 cm³/mol. The maximum atomic E-state index is 12.6. The summed E-state index contributed by atoms with van der Waals surface area (Å²) in [5.74, 6) is -0.224. The number of aryl methyl sites for hydroxylation is 1. The van der Waals surface area contributed by atoms with Gasteiger partial charge in [-0.1, -0.05) is 0 Å². The molecule has 0 spiro atoms. The molecule has 0 N–H and O–H groups in total. The molecule has 0 radical (unpaired) electrons. The van der Waals surface area contributed by atoms with E-state index in [0.717, 1.165) is 24.1 Å². The Labute approximate surface area is 128 Å². The zero-order valence-corrected chi connectivity index (χ0v) is 12.2. The highest BCUT2D eigenvalue weighted by atomic mass is 16.5. The van der Waals surface area contributed by atoms with E-state index in [2.05, 4.69) is 6.07 Å². The Morgan fingerprint density at radius 1 is 1.36 bits per heavy atom. The maximum absolute atomic E-state index is 12.6. The molecule has 1 aromatic rings. The van der Waals surface area contributed by atoms with Crippen molar-refractivity contribution in [2.45, 2.75) is 12.8 Å². The van der Waals surface area contributed by atoms with Crippen molar-refractivity contribution < 1.29 is 14.3 Å². The van der Waals surface area contributed by atoms with Crippen LogP contribution in [-0.2, 0) is 20.7 Å². The van der Waals surface area contributed by atoms with Crippen LogP contribution in [-0.4, -0.2) is 49.6 Å². The molecule has 2 heterocycles. The molecule has 0 saturated carbocycles. The lowest BCUT2D eigenvalue weighted by atomic mass is 9.99. The number of rotatable bonds is 2. The van der Waals surface area contributed by atoms with Gasteiger partial charge in [0.15, 0.2) is 0 Å². The number of hydrogen-bond acceptors (Lipinski definition) is 4. The molecule has 3 rings (SSSR count). The smallest absolute Gasteiger partial charge is 0.249 e. The molecule has 6 heteroatoms. The molecule has 0 bridgehead atoms. The minimum atomic E-state index is -0.142. The second-order valence-corrected chi connectivity index (χ2v) is 5.47. The Morgan fingerprint density at radius 3 is 3.00 bits per heavy atom. The molecule has 0 unspecified atom stereocenters. The van der Waals surface area contributed by atoms with Crippen molar-refractivity contribution in [3.8, 4) is 6.07 Å². The Hall–Kier alpha value is -2.39. The number of amides is 2. The van der Waals surface area contributed by atoms with Crippen LogP contribution in [0.2, 0.25) is 0 Å². The lowest BCUT2D eigenvalue weighted by molar-refractivity contribution is -0.145. The fraction of sp³-hybridized carbons (Fsp3) is 0.438. The minimum Gasteiger partial charge on any atom is -0.370 e. The van der Waals surface area contributed by atoms with Gasteiger partial charge in [0, 0.05) is 18.8 Å². The summed E-state index contributed by atoms with van der Waals surface area (Å²) in [5.41, 5.74) is 2.49. The maximum Gasteiger partial charge on any atom is 0.249 e. The molecule has 114 valence electrons. The van der Waals surface area contributed by atoms with Crippen LogP contribution in [0.5, 0.6) is 0 Å². The van der Waals surface area contributed by atoms with E-state index >= 15 is 0 Å². The molecule has 0 atom stereocenters. The van der Waals surface area contributed by atoms with Crippen LogP contribution in [0.15, 0.2) is 18.2 Å². The van der Waals surface area contributed by atoms with Gasteiger partial charge in [0.25, 0.3) is 0 Å². The summed E-state index contributed by atoms with van der Waals surface area (Å²) in [5, 5.41) is 8.97. The van der Waals surface area contributed by atoms with Gasteiger partial charge in [-0.15, -0.1) is 0 Å². The zero-order chi connectivity index (χ0) is 15.5. The molecule has 1 aromatic carbocycles. The third-order valence-corrected chi connectivity index (χ3v) is 4.04. The Morgan fingerprint density at radius 2 is 2.23 bits per heavy atom. The van der Waals surface area contributed by atoms with Crippen LogP contribution in [0.1, 0.15) is 17.5 Å². The quantitative estimate of drug-likeness (QED) is 0.805. The average molecular weight is 299 g/mol. The van der Waals surface area contributed by atoms with E-state index in [1.165, 1.54) is 0 Å². The molecule has 2 amide bonds. The Balaban J connectivity index is 1.77. The SMILES string of the molecule is N#Cc1ccc2c(c1)CCCN2C(=O)CN1CCOCC1=O. The van der Waals surface area contributed by atoms with Gasteiger partial charge in [-0.25, -0.2) is 0 Å². The lowest BCUT2D eigenvalue weighted by Crippen LogP contribution is -2.48. The largest absolute Gasteiger partial charge is 0.370 e. The molecule has 1 fully saturated rings. The second-order valence-electron chi connectivity index (χ2n) is 5.47. The summed E-state index contributed by atoms with van der Waals surface area (Å²) < 4.78 is 5.07. The molecule has 1 saturated heterocycles. The van der Waals surface area contributed by atoms with Gasteiger partial charge in [0.05, 0.1) is 18.2 Å². The number of benzene rings is 1. The van der Waals surface area contributed by atoms with E-state index in [4.69, 9.17) is 10.00 Å². The van der Waals surface area contributed by atoms with Gasteiger partial charge in [-0.3, -0.25) is 9.59 Å². The van der Waals surface area contributed by atoms with Crippen molar-refractivity contribution in [3.63, 3.8) is 0 Å². The fourth-order valence-electron chi connectivity index (χ4n) is 2.89. The third kappa shape index (κ3) is 2.81. The van der Waals surface area contributed by atoms with Crippen molar-refractivity contribution in [1.29, 1.82) is 5.26 Å². The lowest BCUT2D eigenvalue weighted by Gasteiger charge is -2.33. The summed E-state index contributed by atoms with van der Waals surface area (Å²) in [6.07, 6.45) is 1.73. The molecule has 2 aliphatic heterocycles. The first-order chi connectivity index (χ1) is 10.7. The predicted octanol–water partition coefficient (Wildman–Crippen LogP) is 0.696. The Kier molecular flexibility index (Phi) is 4.07. The van der Waals surface area contributed by atoms with Crippen LogP contribution < -0.4 is 4.90 Å². The van der Waals surface area contributed by atoms with Crippen molar-refractivity contribution >= 4 is 17.5 Å². The van der Waals surface area contributed by atoms with Crippen LogP contribution in [0.4, 0.5) is 5.69 Å². The molecule has 0 aromatic heterocycles. The summed E-state index contributed by atoms with van der Waals surface area (Å²) >= 11 is 0. The van der Waals surface area contributed by atoms with Crippen LogP contribution in [0, 0.1) is 11.3 Å². The number of carbonyl (C=O) groups is 2. The minimum absolute atomic E-state index is 0.0510. The van der Waals surface area contributed by atoms with Gasteiger partial charge < -0.3 is 14.5 Å². The van der Waals surface area contributed by atoms with Crippen LogP contribution in [0.25, 0.3) is 0 Å². The second kappa shape index (κ2) is 6.16. The van der Waals surface area contributed by atoms with Gasteiger partial charge in [-0.2, -0.15) is 5.26 Å². The number of nitrogens with zero attached hydrogens (tertiary/aromatic N) is 3. The number of hydrogen-bond donors (Lipinski definition) is 0. The summed E-state index contributed by atoms with van der Waals surface area (Å²) in [6, 6.07) is 7.52. The normalized spacial score (nSPS) is 17.9. The number of ether oxygens (including phenoxy) is 1. The first-order valence-electron chi connectivity index (χ1n) is 7.38. The average Bonchev–Trinajstić information content (AvgIpc) is 2.55. The summed E-state index contributed by atoms with van der Waals surface area (Å²) in [4.78, 5) is 27.6. The van der Waals surface area contributed by atoms with Gasteiger partial charge >= 0.3 is 0 Å².